The molecule has 0 heterocycles. The highest BCUT2D eigenvalue weighted by Gasteiger charge is 2.12. The molecular weight excluding hydrogens is 234 g/mol. The molecule has 0 fully saturated rings. The van der Waals surface area contributed by atoms with Gasteiger partial charge in [-0.2, -0.15) is 0 Å². The number of benzene rings is 2. The molecule has 2 nitrogen and oxygen atoms in total. The van der Waals surface area contributed by atoms with Crippen molar-refractivity contribution in [2.45, 2.75) is 20.8 Å². The van der Waals surface area contributed by atoms with Crippen LogP contribution in [0.5, 0.6) is 5.75 Å². The van der Waals surface area contributed by atoms with Gasteiger partial charge in [-0.3, -0.25) is 0 Å². The summed E-state index contributed by atoms with van der Waals surface area (Å²) < 4.78 is 5.43. The fraction of sp³-hybridized carbons (Fsp3) is 0.294. The summed E-state index contributed by atoms with van der Waals surface area (Å²) in [5, 5.41) is 3.19. The molecule has 1 N–H and O–H groups in total. The maximum Gasteiger partial charge on any atom is 0.122 e. The van der Waals surface area contributed by atoms with Crippen molar-refractivity contribution in [2.24, 2.45) is 0 Å². The summed E-state index contributed by atoms with van der Waals surface area (Å²) in [5.41, 5.74) is 7.41. The topological polar surface area (TPSA) is 21.3 Å². The minimum Gasteiger partial charge on any atom is -0.496 e. The zero-order valence-corrected chi connectivity index (χ0v) is 12.3. The van der Waals surface area contributed by atoms with Gasteiger partial charge < -0.3 is 10.1 Å². The van der Waals surface area contributed by atoms with Crippen molar-refractivity contribution in [3.8, 4) is 16.9 Å². The molecule has 2 aromatic rings. The first kappa shape index (κ1) is 13.5. The fourth-order valence-corrected chi connectivity index (χ4v) is 2.53. The van der Waals surface area contributed by atoms with E-state index < -0.39 is 0 Å². The average Bonchev–Trinajstić information content (AvgIpc) is 2.43. The Kier molecular flexibility index (Phi) is 3.79. The van der Waals surface area contributed by atoms with E-state index in [1.54, 1.807) is 7.11 Å². The van der Waals surface area contributed by atoms with E-state index >= 15 is 0 Å². The van der Waals surface area contributed by atoms with Crippen LogP contribution in [0, 0.1) is 20.8 Å². The molecule has 0 aliphatic heterocycles. The highest BCUT2D eigenvalue weighted by Crippen LogP contribution is 2.35. The molecule has 0 saturated heterocycles. The van der Waals surface area contributed by atoms with Crippen LogP contribution in [0.25, 0.3) is 11.1 Å². The lowest BCUT2D eigenvalue weighted by molar-refractivity contribution is 0.411. The summed E-state index contributed by atoms with van der Waals surface area (Å²) in [6.07, 6.45) is 0. The molecule has 2 heteroatoms. The molecule has 19 heavy (non-hydrogen) atoms. The van der Waals surface area contributed by atoms with Crippen molar-refractivity contribution in [1.29, 1.82) is 0 Å². The molecule has 0 radical (unpaired) electrons. The number of aryl methyl sites for hydroxylation is 1. The molecule has 0 aromatic heterocycles. The Labute approximate surface area is 115 Å². The minimum atomic E-state index is 0.962. The molecule has 0 bridgehead atoms. The largest absolute Gasteiger partial charge is 0.496 e. The van der Waals surface area contributed by atoms with Crippen LogP contribution >= 0.6 is 0 Å². The van der Waals surface area contributed by atoms with Gasteiger partial charge in [0.2, 0.25) is 0 Å². The lowest BCUT2D eigenvalue weighted by Crippen LogP contribution is -1.97. The van der Waals surface area contributed by atoms with E-state index in [1.165, 1.54) is 27.8 Å². The molecule has 0 amide bonds. The summed E-state index contributed by atoms with van der Waals surface area (Å²) in [7, 11) is 3.67. The molecule has 0 saturated carbocycles. The Morgan fingerprint density at radius 2 is 1.74 bits per heavy atom. The van der Waals surface area contributed by atoms with Crippen molar-refractivity contribution in [1.82, 2.24) is 0 Å². The Morgan fingerprint density at radius 1 is 1.00 bits per heavy atom. The van der Waals surface area contributed by atoms with Crippen LogP contribution in [-0.4, -0.2) is 14.2 Å². The fourth-order valence-electron chi connectivity index (χ4n) is 2.53. The SMILES string of the molecule is CNc1cccc(-c2c(C)cc(OC)c(C)c2C)c1. The van der Waals surface area contributed by atoms with Crippen molar-refractivity contribution in [2.75, 3.05) is 19.5 Å². The zero-order valence-electron chi connectivity index (χ0n) is 12.3. The van der Waals surface area contributed by atoms with E-state index in [0.29, 0.717) is 0 Å². The highest BCUT2D eigenvalue weighted by atomic mass is 16.5. The van der Waals surface area contributed by atoms with Crippen molar-refractivity contribution in [3.63, 3.8) is 0 Å². The van der Waals surface area contributed by atoms with Gasteiger partial charge in [-0.15, -0.1) is 0 Å². The van der Waals surface area contributed by atoms with Crippen LogP contribution in [0.2, 0.25) is 0 Å². The molecule has 0 atom stereocenters. The monoisotopic (exact) mass is 255 g/mol. The first-order valence-electron chi connectivity index (χ1n) is 6.51. The molecular formula is C17H21NO. The van der Waals surface area contributed by atoms with E-state index in [-0.39, 0.29) is 0 Å². The van der Waals surface area contributed by atoms with Crippen LogP contribution in [0.4, 0.5) is 5.69 Å². The maximum atomic E-state index is 5.43. The van der Waals surface area contributed by atoms with E-state index in [9.17, 15) is 0 Å². The molecule has 0 aliphatic carbocycles. The molecule has 0 spiro atoms. The Hall–Kier alpha value is -1.96. The van der Waals surface area contributed by atoms with E-state index in [4.69, 9.17) is 4.74 Å². The van der Waals surface area contributed by atoms with E-state index in [0.717, 1.165) is 11.4 Å². The molecule has 2 rings (SSSR count). The van der Waals surface area contributed by atoms with Crippen molar-refractivity contribution < 1.29 is 4.74 Å². The van der Waals surface area contributed by atoms with Crippen molar-refractivity contribution in [3.05, 3.63) is 47.0 Å². The second kappa shape index (κ2) is 5.35. The minimum absolute atomic E-state index is 0.962. The second-order valence-electron chi connectivity index (χ2n) is 4.85. The van der Waals surface area contributed by atoms with Gasteiger partial charge in [-0.05, 0) is 66.8 Å². The summed E-state index contributed by atoms with van der Waals surface area (Å²) in [6.45, 7) is 6.40. The quantitative estimate of drug-likeness (QED) is 0.881. The van der Waals surface area contributed by atoms with Gasteiger partial charge in [-0.25, -0.2) is 0 Å². The molecule has 0 unspecified atom stereocenters. The summed E-state index contributed by atoms with van der Waals surface area (Å²) in [4.78, 5) is 0. The predicted molar refractivity (Wildman–Crippen MR) is 82.2 cm³/mol. The van der Waals surface area contributed by atoms with Gasteiger partial charge in [0.25, 0.3) is 0 Å². The average molecular weight is 255 g/mol. The number of ether oxygens (including phenoxy) is 1. The van der Waals surface area contributed by atoms with Gasteiger partial charge in [0.1, 0.15) is 5.75 Å². The maximum absolute atomic E-state index is 5.43. The first-order chi connectivity index (χ1) is 9.08. The van der Waals surface area contributed by atoms with E-state index in [2.05, 4.69) is 56.4 Å². The van der Waals surface area contributed by atoms with Gasteiger partial charge in [0.15, 0.2) is 0 Å². The van der Waals surface area contributed by atoms with E-state index in [1.807, 2.05) is 7.05 Å². The van der Waals surface area contributed by atoms with Crippen LogP contribution in [0.15, 0.2) is 30.3 Å². The van der Waals surface area contributed by atoms with Crippen LogP contribution in [0.1, 0.15) is 16.7 Å². The Balaban J connectivity index is 2.65. The molecule has 2 aromatic carbocycles. The van der Waals surface area contributed by atoms with Crippen LogP contribution in [0.3, 0.4) is 0 Å². The number of anilines is 1. The number of nitrogens with one attached hydrogen (secondary N) is 1. The number of hydrogen-bond donors (Lipinski definition) is 1. The molecule has 100 valence electrons. The lowest BCUT2D eigenvalue weighted by Gasteiger charge is -2.16. The first-order valence-corrected chi connectivity index (χ1v) is 6.51. The van der Waals surface area contributed by atoms with Gasteiger partial charge in [0, 0.05) is 12.7 Å². The smallest absolute Gasteiger partial charge is 0.122 e. The summed E-state index contributed by atoms with van der Waals surface area (Å²) in [6, 6.07) is 10.6. The predicted octanol–water partition coefficient (Wildman–Crippen LogP) is 4.33. The third-order valence-electron chi connectivity index (χ3n) is 3.71. The van der Waals surface area contributed by atoms with Gasteiger partial charge in [-0.1, -0.05) is 12.1 Å². The number of methoxy groups -OCH3 is 1. The summed E-state index contributed by atoms with van der Waals surface area (Å²) in [5.74, 6) is 0.962. The summed E-state index contributed by atoms with van der Waals surface area (Å²) >= 11 is 0. The zero-order chi connectivity index (χ0) is 14.0. The van der Waals surface area contributed by atoms with Gasteiger partial charge >= 0.3 is 0 Å². The standard InChI is InChI=1S/C17H21NO/c1-11-9-16(19-5)12(2)13(3)17(11)14-7-6-8-15(10-14)18-4/h6-10,18H,1-5H3. The van der Waals surface area contributed by atoms with Crippen LogP contribution in [-0.2, 0) is 0 Å². The van der Waals surface area contributed by atoms with Crippen LogP contribution < -0.4 is 10.1 Å². The number of hydrogen-bond acceptors (Lipinski definition) is 2. The Morgan fingerprint density at radius 3 is 2.37 bits per heavy atom. The molecule has 0 aliphatic rings. The third-order valence-corrected chi connectivity index (χ3v) is 3.71. The second-order valence-corrected chi connectivity index (χ2v) is 4.85. The Bertz CT molecular complexity index is 602. The third kappa shape index (κ3) is 2.43. The normalized spacial score (nSPS) is 10.4. The number of rotatable bonds is 3. The van der Waals surface area contributed by atoms with Crippen molar-refractivity contribution >= 4 is 5.69 Å². The van der Waals surface area contributed by atoms with Gasteiger partial charge in [0.05, 0.1) is 7.11 Å². The lowest BCUT2D eigenvalue weighted by atomic mass is 9.92. The highest BCUT2D eigenvalue weighted by molar-refractivity contribution is 5.76.